The van der Waals surface area contributed by atoms with Gasteiger partial charge < -0.3 is 11.1 Å². The molecular weight excluding hydrogens is 428 g/mol. The van der Waals surface area contributed by atoms with Gasteiger partial charge >= 0.3 is 0 Å². The Hall–Kier alpha value is -1.48. The lowest BCUT2D eigenvalue weighted by molar-refractivity contribution is -0.120. The minimum atomic E-state index is -0.394. The van der Waals surface area contributed by atoms with E-state index in [0.717, 1.165) is 29.9 Å². The van der Waals surface area contributed by atoms with Gasteiger partial charge in [0.05, 0.1) is 6.04 Å². The minimum absolute atomic E-state index is 0.0851. The summed E-state index contributed by atoms with van der Waals surface area (Å²) in [4.78, 5) is 15.3. The summed E-state index contributed by atoms with van der Waals surface area (Å²) in [6.07, 6.45) is 16.3. The van der Waals surface area contributed by atoms with Crippen molar-refractivity contribution >= 4 is 23.5 Å². The van der Waals surface area contributed by atoms with Crippen molar-refractivity contribution in [2.45, 2.75) is 112 Å². The first kappa shape index (κ1) is 31.5. The highest BCUT2D eigenvalue weighted by molar-refractivity contribution is 7.99. The first-order chi connectivity index (χ1) is 15.7. The molecule has 190 valence electrons. The van der Waals surface area contributed by atoms with Crippen molar-refractivity contribution < 1.29 is 4.79 Å². The molecule has 0 bridgehead atoms. The van der Waals surface area contributed by atoms with E-state index in [1.807, 2.05) is 0 Å². The van der Waals surface area contributed by atoms with Crippen LogP contribution in [0, 0.1) is 29.2 Å². The first-order valence-corrected chi connectivity index (χ1v) is 14.1. The molecule has 33 heavy (non-hydrogen) atoms. The largest absolute Gasteiger partial charge is 0.385 e. The number of nitrogens with zero attached hydrogens (tertiary/aromatic N) is 2. The van der Waals surface area contributed by atoms with Gasteiger partial charge in [0.2, 0.25) is 12.1 Å². The third kappa shape index (κ3) is 18.6. The minimum Gasteiger partial charge on any atom is -0.385 e. The lowest BCUT2D eigenvalue weighted by Gasteiger charge is -2.16. The number of amidine groups is 1. The van der Waals surface area contributed by atoms with Crippen LogP contribution < -0.4 is 11.1 Å². The maximum absolute atomic E-state index is 11.7. The Labute approximate surface area is 208 Å². The summed E-state index contributed by atoms with van der Waals surface area (Å²) < 4.78 is 0. The lowest BCUT2D eigenvalue weighted by Crippen LogP contribution is -2.46. The highest BCUT2D eigenvalue weighted by atomic mass is 32.2. The normalized spacial score (nSPS) is 15.2. The molecule has 0 aliphatic rings. The van der Waals surface area contributed by atoms with E-state index >= 15 is 0 Å². The fourth-order valence-corrected chi connectivity index (χ4v) is 4.86. The molecule has 0 fully saturated rings. The number of rotatable bonds is 19. The van der Waals surface area contributed by atoms with Gasteiger partial charge in [0.15, 0.2) is 0 Å². The summed E-state index contributed by atoms with van der Waals surface area (Å²) in [7, 11) is 0. The van der Waals surface area contributed by atoms with Gasteiger partial charge in [-0.2, -0.15) is 22.0 Å². The lowest BCUT2D eigenvalue weighted by atomic mass is 9.91. The summed E-state index contributed by atoms with van der Waals surface area (Å²) in [6, 6.07) is -0.394. The van der Waals surface area contributed by atoms with Gasteiger partial charge in [-0.05, 0) is 37.5 Å². The molecular formula is C27H50N4OS. The molecule has 0 aromatic rings. The molecule has 0 aromatic carbocycles. The fourth-order valence-electron chi connectivity index (χ4n) is 3.83. The predicted octanol–water partition coefficient (Wildman–Crippen LogP) is 6.84. The Morgan fingerprint density at radius 2 is 1.64 bits per heavy atom. The van der Waals surface area contributed by atoms with E-state index in [9.17, 15) is 4.79 Å². The average Bonchev–Trinajstić information content (AvgIpc) is 2.75. The molecule has 0 aliphatic carbocycles. The molecule has 0 saturated carbocycles. The smallest absolute Gasteiger partial charge is 0.220 e. The molecule has 6 heteroatoms. The molecule has 1 amide bonds. The summed E-state index contributed by atoms with van der Waals surface area (Å²) in [5.41, 5.74) is 7.25. The average molecular weight is 479 g/mol. The quantitative estimate of drug-likeness (QED) is 0.0699. The van der Waals surface area contributed by atoms with Gasteiger partial charge in [-0.3, -0.25) is 4.79 Å². The topological polar surface area (TPSA) is 91.3 Å². The SMILES string of the molecule is CCC(=O)NC(CSCC=C(C)CCCC(C)CCCC(C)CCCC(C)C)C(N)=NC#N. The number of carbonyl (C=O) groups excluding carboxylic acids is 1. The van der Waals surface area contributed by atoms with Crippen molar-refractivity contribution in [3.8, 4) is 6.19 Å². The molecule has 0 aliphatic heterocycles. The summed E-state index contributed by atoms with van der Waals surface area (Å²) in [5, 5.41) is 11.6. The second-order valence-corrected chi connectivity index (χ2v) is 11.1. The van der Waals surface area contributed by atoms with Crippen molar-refractivity contribution in [2.75, 3.05) is 11.5 Å². The van der Waals surface area contributed by atoms with Gasteiger partial charge in [-0.15, -0.1) is 0 Å². The third-order valence-corrected chi connectivity index (χ3v) is 7.14. The number of nitrogens with one attached hydrogen (secondary N) is 1. The van der Waals surface area contributed by atoms with Crippen LogP contribution in [0.25, 0.3) is 0 Å². The van der Waals surface area contributed by atoms with Crippen LogP contribution in [0.15, 0.2) is 16.6 Å². The number of hydrogen-bond acceptors (Lipinski definition) is 4. The first-order valence-electron chi connectivity index (χ1n) is 12.9. The van der Waals surface area contributed by atoms with Crippen LogP contribution in [0.2, 0.25) is 0 Å². The Kier molecular flexibility index (Phi) is 19.0. The maximum atomic E-state index is 11.7. The van der Waals surface area contributed by atoms with Crippen molar-refractivity contribution in [1.29, 1.82) is 5.26 Å². The van der Waals surface area contributed by atoms with E-state index in [-0.39, 0.29) is 11.7 Å². The van der Waals surface area contributed by atoms with E-state index in [1.165, 1.54) is 56.9 Å². The van der Waals surface area contributed by atoms with E-state index in [0.29, 0.717) is 12.2 Å². The Bertz CT molecular complexity index is 624. The molecule has 3 unspecified atom stereocenters. The van der Waals surface area contributed by atoms with Crippen LogP contribution in [0.1, 0.15) is 106 Å². The van der Waals surface area contributed by atoms with Gasteiger partial charge in [0.25, 0.3) is 0 Å². The fraction of sp³-hybridized carbons (Fsp3) is 0.815. The van der Waals surface area contributed by atoms with Crippen LogP contribution in [-0.4, -0.2) is 29.3 Å². The van der Waals surface area contributed by atoms with Gasteiger partial charge in [-0.25, -0.2) is 0 Å². The highest BCUT2D eigenvalue weighted by Crippen LogP contribution is 2.22. The van der Waals surface area contributed by atoms with Gasteiger partial charge in [0, 0.05) is 17.9 Å². The standard InChI is InChI=1S/C27H50N4OS/c1-7-26(32)31-25(27(29)30-20-28)19-33-18-17-24(6)16-10-15-23(5)14-9-13-22(4)12-8-11-21(2)3/h17,21-23,25H,7-16,18-19H2,1-6H3,(H2,29,30)(H,31,32). The predicted molar refractivity (Wildman–Crippen MR) is 145 cm³/mol. The van der Waals surface area contributed by atoms with Crippen molar-refractivity contribution in [2.24, 2.45) is 28.5 Å². The van der Waals surface area contributed by atoms with Crippen LogP contribution >= 0.6 is 11.8 Å². The van der Waals surface area contributed by atoms with Crippen molar-refractivity contribution in [3.63, 3.8) is 0 Å². The number of amides is 1. The molecule has 0 rings (SSSR count). The van der Waals surface area contributed by atoms with E-state index < -0.39 is 6.04 Å². The summed E-state index contributed by atoms with van der Waals surface area (Å²) >= 11 is 1.70. The number of thioether (sulfide) groups is 1. The van der Waals surface area contributed by atoms with E-state index in [1.54, 1.807) is 24.9 Å². The number of aliphatic imine (C=N–C) groups is 1. The Balaban J connectivity index is 4.06. The molecule has 0 saturated heterocycles. The molecule has 5 nitrogen and oxygen atoms in total. The van der Waals surface area contributed by atoms with Crippen LogP contribution in [0.4, 0.5) is 0 Å². The Morgan fingerprint density at radius 1 is 1.06 bits per heavy atom. The molecule has 3 N–H and O–H groups in total. The maximum Gasteiger partial charge on any atom is 0.220 e. The second-order valence-electron chi connectivity index (χ2n) is 10.1. The number of allylic oxidation sites excluding steroid dienone is 1. The zero-order chi connectivity index (χ0) is 25.1. The highest BCUT2D eigenvalue weighted by Gasteiger charge is 2.15. The van der Waals surface area contributed by atoms with Crippen molar-refractivity contribution in [3.05, 3.63) is 11.6 Å². The van der Waals surface area contributed by atoms with Gasteiger partial charge in [-0.1, -0.05) is 91.2 Å². The molecule has 3 atom stereocenters. The van der Waals surface area contributed by atoms with Gasteiger partial charge in [0.1, 0.15) is 5.84 Å². The molecule has 0 spiro atoms. The second kappa shape index (κ2) is 19.9. The van der Waals surface area contributed by atoms with Crippen LogP contribution in [0.5, 0.6) is 0 Å². The van der Waals surface area contributed by atoms with Crippen LogP contribution in [0.3, 0.4) is 0 Å². The number of nitrogens with two attached hydrogens (primary N) is 1. The number of nitriles is 1. The number of carbonyl (C=O) groups is 1. The summed E-state index contributed by atoms with van der Waals surface area (Å²) in [6.45, 7) is 13.4. The molecule has 0 heterocycles. The zero-order valence-corrected chi connectivity index (χ0v) is 23.0. The van der Waals surface area contributed by atoms with Crippen LogP contribution in [-0.2, 0) is 4.79 Å². The van der Waals surface area contributed by atoms with Crippen molar-refractivity contribution in [1.82, 2.24) is 5.32 Å². The zero-order valence-electron chi connectivity index (χ0n) is 22.2. The Morgan fingerprint density at radius 3 is 2.18 bits per heavy atom. The summed E-state index contributed by atoms with van der Waals surface area (Å²) in [5.74, 6) is 4.08. The van der Waals surface area contributed by atoms with E-state index in [2.05, 4.69) is 51.0 Å². The molecule has 0 aromatic heterocycles. The monoisotopic (exact) mass is 478 g/mol. The third-order valence-electron chi connectivity index (χ3n) is 6.17. The van der Waals surface area contributed by atoms with E-state index in [4.69, 9.17) is 11.0 Å². The molecule has 0 radical (unpaired) electrons. The number of hydrogen-bond donors (Lipinski definition) is 2.